The summed E-state index contributed by atoms with van der Waals surface area (Å²) in [5.41, 5.74) is 1.13. The largest absolute Gasteiger partial charge is 0.444 e. The van der Waals surface area contributed by atoms with Crippen LogP contribution in [0.4, 0.5) is 10.5 Å². The van der Waals surface area contributed by atoms with Crippen molar-refractivity contribution in [1.29, 1.82) is 0 Å². The number of carbonyl (C=O) groups excluding carboxylic acids is 3. The average Bonchev–Trinajstić information content (AvgIpc) is 2.61. The van der Waals surface area contributed by atoms with Gasteiger partial charge >= 0.3 is 6.09 Å². The Hall–Kier alpha value is -2.64. The molecule has 8 nitrogen and oxygen atoms in total. The van der Waals surface area contributed by atoms with E-state index in [2.05, 4.69) is 15.2 Å². The van der Waals surface area contributed by atoms with Crippen molar-refractivity contribution in [3.05, 3.63) is 24.0 Å². The molecule has 3 rings (SSSR count). The standard InChI is InChI=1S/C19H26N4O4/c1-19(2,3)27-18(26)23-10-8-22(9-11-23)13-4-6-15(20-12-13)14-5-7-16(24)21-17(14)25/h4,6,12,14H,5,7-11H2,1-3H3,(H,21,24,25). The Balaban J connectivity index is 1.57. The van der Waals surface area contributed by atoms with E-state index < -0.39 is 5.60 Å². The summed E-state index contributed by atoms with van der Waals surface area (Å²) in [7, 11) is 0. The van der Waals surface area contributed by atoms with Gasteiger partial charge in [-0.25, -0.2) is 4.79 Å². The van der Waals surface area contributed by atoms with Gasteiger partial charge in [-0.05, 0) is 39.3 Å². The average molecular weight is 374 g/mol. The first-order chi connectivity index (χ1) is 12.7. The van der Waals surface area contributed by atoms with Crippen molar-refractivity contribution in [2.24, 2.45) is 0 Å². The second-order valence-corrected chi connectivity index (χ2v) is 7.90. The first kappa shape index (κ1) is 19.1. The van der Waals surface area contributed by atoms with Crippen LogP contribution in [0.25, 0.3) is 0 Å². The van der Waals surface area contributed by atoms with E-state index >= 15 is 0 Å². The fraction of sp³-hybridized carbons (Fsp3) is 0.579. The fourth-order valence-electron chi connectivity index (χ4n) is 3.24. The van der Waals surface area contributed by atoms with Crippen LogP contribution < -0.4 is 10.2 Å². The number of aromatic nitrogens is 1. The van der Waals surface area contributed by atoms with Crippen molar-refractivity contribution < 1.29 is 19.1 Å². The van der Waals surface area contributed by atoms with Gasteiger partial charge in [-0.2, -0.15) is 0 Å². The quantitative estimate of drug-likeness (QED) is 0.792. The highest BCUT2D eigenvalue weighted by Crippen LogP contribution is 2.25. The van der Waals surface area contributed by atoms with Gasteiger partial charge in [-0.3, -0.25) is 19.9 Å². The molecule has 2 fully saturated rings. The molecule has 1 aromatic rings. The van der Waals surface area contributed by atoms with E-state index in [1.165, 1.54) is 0 Å². The predicted octanol–water partition coefficient (Wildman–Crippen LogP) is 1.66. The van der Waals surface area contributed by atoms with Gasteiger partial charge in [0.1, 0.15) is 5.60 Å². The van der Waals surface area contributed by atoms with E-state index in [4.69, 9.17) is 4.74 Å². The molecule has 0 radical (unpaired) electrons. The lowest BCUT2D eigenvalue weighted by Crippen LogP contribution is -2.50. The molecule has 0 saturated carbocycles. The number of rotatable bonds is 2. The first-order valence-electron chi connectivity index (χ1n) is 9.25. The minimum Gasteiger partial charge on any atom is -0.444 e. The van der Waals surface area contributed by atoms with E-state index in [0.29, 0.717) is 44.7 Å². The summed E-state index contributed by atoms with van der Waals surface area (Å²) in [6, 6.07) is 3.78. The number of piperazine rings is 1. The van der Waals surface area contributed by atoms with E-state index in [9.17, 15) is 14.4 Å². The van der Waals surface area contributed by atoms with Gasteiger partial charge in [0.25, 0.3) is 0 Å². The van der Waals surface area contributed by atoms with Crippen LogP contribution >= 0.6 is 0 Å². The lowest BCUT2D eigenvalue weighted by Gasteiger charge is -2.36. The summed E-state index contributed by atoms with van der Waals surface area (Å²) in [6.45, 7) is 8.13. The summed E-state index contributed by atoms with van der Waals surface area (Å²) in [4.78, 5) is 43.7. The number of hydrogen-bond donors (Lipinski definition) is 1. The zero-order valence-corrected chi connectivity index (χ0v) is 16.0. The highest BCUT2D eigenvalue weighted by atomic mass is 16.6. The fourth-order valence-corrected chi connectivity index (χ4v) is 3.24. The Bertz CT molecular complexity index is 718. The number of amides is 3. The Morgan fingerprint density at radius 2 is 1.89 bits per heavy atom. The molecule has 0 bridgehead atoms. The molecule has 2 saturated heterocycles. The van der Waals surface area contributed by atoms with Crippen molar-refractivity contribution in [2.75, 3.05) is 31.1 Å². The van der Waals surface area contributed by atoms with Crippen molar-refractivity contribution in [2.45, 2.75) is 45.1 Å². The van der Waals surface area contributed by atoms with Crippen molar-refractivity contribution in [3.63, 3.8) is 0 Å². The third-order valence-electron chi connectivity index (χ3n) is 4.66. The number of nitrogens with zero attached hydrogens (tertiary/aromatic N) is 3. The van der Waals surface area contributed by atoms with Crippen molar-refractivity contribution >= 4 is 23.6 Å². The lowest BCUT2D eigenvalue weighted by atomic mass is 9.94. The minimum atomic E-state index is -0.496. The SMILES string of the molecule is CC(C)(C)OC(=O)N1CCN(c2ccc(C3CCC(=O)NC3=O)nc2)CC1. The highest BCUT2D eigenvalue weighted by molar-refractivity contribution is 6.00. The second kappa shape index (κ2) is 7.54. The monoisotopic (exact) mass is 374 g/mol. The predicted molar refractivity (Wildman–Crippen MR) is 99.4 cm³/mol. The van der Waals surface area contributed by atoms with Gasteiger partial charge in [-0.1, -0.05) is 0 Å². The van der Waals surface area contributed by atoms with Crippen LogP contribution in [-0.2, 0) is 14.3 Å². The van der Waals surface area contributed by atoms with E-state index in [0.717, 1.165) is 5.69 Å². The zero-order valence-electron chi connectivity index (χ0n) is 16.0. The molecule has 146 valence electrons. The number of imide groups is 1. The van der Waals surface area contributed by atoms with Crippen LogP contribution in [0.3, 0.4) is 0 Å². The molecule has 0 spiro atoms. The van der Waals surface area contributed by atoms with Crippen LogP contribution in [-0.4, -0.2) is 59.6 Å². The Morgan fingerprint density at radius 1 is 1.19 bits per heavy atom. The van der Waals surface area contributed by atoms with Crippen LogP contribution in [0, 0.1) is 0 Å². The molecule has 27 heavy (non-hydrogen) atoms. The number of anilines is 1. The topological polar surface area (TPSA) is 91.8 Å². The highest BCUT2D eigenvalue weighted by Gasteiger charge is 2.29. The van der Waals surface area contributed by atoms with Crippen LogP contribution in [0.5, 0.6) is 0 Å². The molecule has 1 atom stereocenters. The van der Waals surface area contributed by atoms with Gasteiger partial charge in [0, 0.05) is 32.6 Å². The van der Waals surface area contributed by atoms with Crippen LogP contribution in [0.1, 0.15) is 45.2 Å². The van der Waals surface area contributed by atoms with Gasteiger partial charge < -0.3 is 14.5 Å². The molecule has 0 aliphatic carbocycles. The van der Waals surface area contributed by atoms with Gasteiger partial charge in [0.15, 0.2) is 0 Å². The maximum atomic E-state index is 12.1. The van der Waals surface area contributed by atoms with Crippen molar-refractivity contribution in [1.82, 2.24) is 15.2 Å². The smallest absolute Gasteiger partial charge is 0.410 e. The number of pyridine rings is 1. The number of ether oxygens (including phenoxy) is 1. The number of hydrogen-bond acceptors (Lipinski definition) is 6. The van der Waals surface area contributed by atoms with E-state index in [-0.39, 0.29) is 23.8 Å². The van der Waals surface area contributed by atoms with Crippen LogP contribution in [0.2, 0.25) is 0 Å². The third kappa shape index (κ3) is 4.75. The van der Waals surface area contributed by atoms with E-state index in [1.807, 2.05) is 32.9 Å². The Labute approximate surface area is 158 Å². The molecular weight excluding hydrogens is 348 g/mol. The minimum absolute atomic E-state index is 0.226. The Morgan fingerprint density at radius 3 is 2.44 bits per heavy atom. The van der Waals surface area contributed by atoms with Gasteiger partial charge in [0.05, 0.1) is 23.5 Å². The zero-order chi connectivity index (χ0) is 19.6. The van der Waals surface area contributed by atoms with Crippen molar-refractivity contribution in [3.8, 4) is 0 Å². The molecule has 1 N–H and O–H groups in total. The molecule has 3 amide bonds. The summed E-state index contributed by atoms with van der Waals surface area (Å²) < 4.78 is 5.41. The first-order valence-corrected chi connectivity index (χ1v) is 9.25. The van der Waals surface area contributed by atoms with Crippen LogP contribution in [0.15, 0.2) is 18.3 Å². The van der Waals surface area contributed by atoms with Gasteiger partial charge in [0.2, 0.25) is 11.8 Å². The molecule has 1 aromatic heterocycles. The lowest BCUT2D eigenvalue weighted by molar-refractivity contribution is -0.134. The molecule has 8 heteroatoms. The summed E-state index contributed by atoms with van der Waals surface area (Å²) in [5.74, 6) is -0.881. The molecule has 1 unspecified atom stereocenters. The maximum Gasteiger partial charge on any atom is 0.410 e. The van der Waals surface area contributed by atoms with E-state index in [1.54, 1.807) is 11.1 Å². The summed E-state index contributed by atoms with van der Waals surface area (Å²) in [6.07, 6.45) is 2.30. The number of carbonyl (C=O) groups is 3. The molecular formula is C19H26N4O4. The third-order valence-corrected chi connectivity index (χ3v) is 4.66. The molecule has 3 heterocycles. The maximum absolute atomic E-state index is 12.1. The molecule has 2 aliphatic rings. The van der Waals surface area contributed by atoms with Gasteiger partial charge in [-0.15, -0.1) is 0 Å². The number of piperidine rings is 1. The molecule has 0 aromatic carbocycles. The summed E-state index contributed by atoms with van der Waals surface area (Å²) in [5, 5.41) is 2.36. The Kier molecular flexibility index (Phi) is 5.34. The summed E-state index contributed by atoms with van der Waals surface area (Å²) >= 11 is 0. The number of nitrogens with one attached hydrogen (secondary N) is 1. The normalized spacial score (nSPS) is 21.1. The molecule has 2 aliphatic heterocycles. The second-order valence-electron chi connectivity index (χ2n) is 7.90.